The van der Waals surface area contributed by atoms with Gasteiger partial charge in [-0.15, -0.1) is 0 Å². The third-order valence-corrected chi connectivity index (χ3v) is 4.43. The summed E-state index contributed by atoms with van der Waals surface area (Å²) in [5, 5.41) is 2.84. The zero-order valence-electron chi connectivity index (χ0n) is 16.4. The second-order valence-corrected chi connectivity index (χ2v) is 7.15. The van der Waals surface area contributed by atoms with Crippen LogP contribution in [0.5, 0.6) is 11.5 Å². The Bertz CT molecular complexity index is 1050. The van der Waals surface area contributed by atoms with E-state index in [4.69, 9.17) is 18.9 Å². The van der Waals surface area contributed by atoms with E-state index in [1.807, 2.05) is 0 Å². The number of hydrogen-bond acceptors (Lipinski definition) is 8. The van der Waals surface area contributed by atoms with Crippen molar-refractivity contribution >= 4 is 23.4 Å². The summed E-state index contributed by atoms with van der Waals surface area (Å²) in [6.07, 6.45) is 1.20. The van der Waals surface area contributed by atoms with Crippen molar-refractivity contribution in [2.45, 2.75) is 19.6 Å². The lowest BCUT2D eigenvalue weighted by atomic mass is 10.0. The number of nitrogens with one attached hydrogen (secondary N) is 1. The van der Waals surface area contributed by atoms with Gasteiger partial charge in [0, 0.05) is 36.9 Å². The largest absolute Gasteiger partial charge is 0.486 e. The lowest BCUT2D eigenvalue weighted by molar-refractivity contribution is -0.222. The molecule has 0 aromatic heterocycles. The number of carbonyl (C=O) groups excluding carboxylic acids is 3. The minimum atomic E-state index is -1.30. The molecule has 4 rings (SSSR count). The highest BCUT2D eigenvalue weighted by Gasteiger charge is 2.38. The highest BCUT2D eigenvalue weighted by atomic mass is 16.7. The van der Waals surface area contributed by atoms with Crippen molar-refractivity contribution in [1.29, 1.82) is 0 Å². The van der Waals surface area contributed by atoms with Crippen LogP contribution in [-0.2, 0) is 19.1 Å². The van der Waals surface area contributed by atoms with Crippen LogP contribution in [0.3, 0.4) is 0 Å². The molecule has 2 aliphatic rings. The Morgan fingerprint density at radius 2 is 1.60 bits per heavy atom. The maximum Gasteiger partial charge on any atom is 0.350 e. The van der Waals surface area contributed by atoms with Gasteiger partial charge in [0.1, 0.15) is 13.2 Å². The molecule has 0 spiro atoms. The standard InChI is InChI=1S/C22H19NO7/c1-22(2)29-20(25)16(21(26)30-22)12-23-15-5-3-4-13(10-15)19(24)14-6-7-17-18(11-14)28-9-8-27-17/h3-7,10-12,23H,8-9H2,1-2H3. The van der Waals surface area contributed by atoms with E-state index < -0.39 is 17.7 Å². The van der Waals surface area contributed by atoms with Gasteiger partial charge in [0.25, 0.3) is 5.79 Å². The summed E-state index contributed by atoms with van der Waals surface area (Å²) in [6, 6.07) is 11.7. The molecule has 1 N–H and O–H groups in total. The molecule has 8 nitrogen and oxygen atoms in total. The van der Waals surface area contributed by atoms with Gasteiger partial charge in [-0.2, -0.15) is 0 Å². The van der Waals surface area contributed by atoms with E-state index in [2.05, 4.69) is 5.32 Å². The van der Waals surface area contributed by atoms with Crippen molar-refractivity contribution in [1.82, 2.24) is 0 Å². The summed E-state index contributed by atoms with van der Waals surface area (Å²) >= 11 is 0. The van der Waals surface area contributed by atoms with E-state index >= 15 is 0 Å². The second-order valence-electron chi connectivity index (χ2n) is 7.15. The minimum Gasteiger partial charge on any atom is -0.486 e. The fourth-order valence-corrected chi connectivity index (χ4v) is 3.04. The Labute approximate surface area is 172 Å². The molecule has 154 valence electrons. The normalized spacial score (nSPS) is 16.9. The monoisotopic (exact) mass is 409 g/mol. The number of fused-ring (bicyclic) bond motifs is 1. The fraction of sp³-hybridized carbons (Fsp3) is 0.227. The summed E-state index contributed by atoms with van der Waals surface area (Å²) in [5.74, 6) is -1.94. The first kappa shape index (κ1) is 19.5. The first-order chi connectivity index (χ1) is 14.3. The van der Waals surface area contributed by atoms with E-state index in [1.165, 1.54) is 20.0 Å². The zero-order chi connectivity index (χ0) is 21.3. The van der Waals surface area contributed by atoms with Gasteiger partial charge in [0.15, 0.2) is 22.9 Å². The van der Waals surface area contributed by atoms with Gasteiger partial charge in [0.2, 0.25) is 0 Å². The van der Waals surface area contributed by atoms with Crippen LogP contribution >= 0.6 is 0 Å². The maximum atomic E-state index is 12.9. The molecule has 0 unspecified atom stereocenters. The predicted molar refractivity (Wildman–Crippen MR) is 105 cm³/mol. The Morgan fingerprint density at radius 3 is 2.33 bits per heavy atom. The second kappa shape index (κ2) is 7.55. The van der Waals surface area contributed by atoms with E-state index in [1.54, 1.807) is 42.5 Å². The highest BCUT2D eigenvalue weighted by molar-refractivity contribution is 6.15. The van der Waals surface area contributed by atoms with Crippen LogP contribution in [-0.4, -0.2) is 36.7 Å². The Morgan fingerprint density at radius 1 is 0.933 bits per heavy atom. The Balaban J connectivity index is 1.52. The van der Waals surface area contributed by atoms with Crippen LogP contribution in [0.1, 0.15) is 29.8 Å². The number of benzene rings is 2. The molecule has 2 heterocycles. The highest BCUT2D eigenvalue weighted by Crippen LogP contribution is 2.31. The molecule has 2 aromatic carbocycles. The Kier molecular flexibility index (Phi) is 4.91. The summed E-state index contributed by atoms with van der Waals surface area (Å²) in [6.45, 7) is 3.85. The van der Waals surface area contributed by atoms with Gasteiger partial charge >= 0.3 is 11.9 Å². The molecule has 0 amide bonds. The van der Waals surface area contributed by atoms with E-state index in [0.29, 0.717) is 41.5 Å². The molecule has 0 aliphatic carbocycles. The smallest absolute Gasteiger partial charge is 0.350 e. The molecule has 1 fully saturated rings. The quantitative estimate of drug-likeness (QED) is 0.356. The molecule has 0 saturated carbocycles. The van der Waals surface area contributed by atoms with Crippen molar-refractivity contribution < 1.29 is 33.3 Å². The van der Waals surface area contributed by atoms with Crippen molar-refractivity contribution in [2.75, 3.05) is 18.5 Å². The zero-order valence-corrected chi connectivity index (χ0v) is 16.4. The molecule has 8 heteroatoms. The first-order valence-corrected chi connectivity index (χ1v) is 9.30. The molecule has 1 saturated heterocycles. The summed E-state index contributed by atoms with van der Waals surface area (Å²) in [5.41, 5.74) is 1.12. The van der Waals surface area contributed by atoms with Crippen molar-refractivity contribution in [3.8, 4) is 11.5 Å². The predicted octanol–water partition coefficient (Wildman–Crippen LogP) is 2.82. The van der Waals surface area contributed by atoms with Crippen molar-refractivity contribution in [2.24, 2.45) is 0 Å². The maximum absolute atomic E-state index is 12.9. The van der Waals surface area contributed by atoms with Gasteiger partial charge < -0.3 is 24.3 Å². The van der Waals surface area contributed by atoms with E-state index in [9.17, 15) is 14.4 Å². The van der Waals surface area contributed by atoms with Crippen LogP contribution < -0.4 is 14.8 Å². The van der Waals surface area contributed by atoms with Crippen molar-refractivity contribution in [3.63, 3.8) is 0 Å². The lowest BCUT2D eigenvalue weighted by Crippen LogP contribution is -2.42. The molecular weight excluding hydrogens is 390 g/mol. The molecule has 0 bridgehead atoms. The van der Waals surface area contributed by atoms with Gasteiger partial charge in [0.05, 0.1) is 0 Å². The SMILES string of the molecule is CC1(C)OC(=O)C(=CNc2cccc(C(=O)c3ccc4c(c3)OCCO4)c2)C(=O)O1. The van der Waals surface area contributed by atoms with E-state index in [0.717, 1.165) is 0 Å². The number of cyclic esters (lactones) is 2. The number of esters is 2. The fourth-order valence-electron chi connectivity index (χ4n) is 3.04. The topological polar surface area (TPSA) is 100 Å². The molecular formula is C22H19NO7. The van der Waals surface area contributed by atoms with Crippen molar-refractivity contribution in [3.05, 3.63) is 65.4 Å². The lowest BCUT2D eigenvalue weighted by Gasteiger charge is -2.29. The van der Waals surface area contributed by atoms with Gasteiger partial charge in [-0.3, -0.25) is 4.79 Å². The number of hydrogen-bond donors (Lipinski definition) is 1. The Hall–Kier alpha value is -3.81. The van der Waals surface area contributed by atoms with Crippen LogP contribution in [0.25, 0.3) is 0 Å². The average molecular weight is 409 g/mol. The van der Waals surface area contributed by atoms with Crippen LogP contribution in [0.4, 0.5) is 5.69 Å². The number of anilines is 1. The summed E-state index contributed by atoms with van der Waals surface area (Å²) in [4.78, 5) is 36.9. The average Bonchev–Trinajstić information content (AvgIpc) is 2.71. The van der Waals surface area contributed by atoms with Gasteiger partial charge in [-0.05, 0) is 30.3 Å². The molecule has 30 heavy (non-hydrogen) atoms. The number of ketones is 1. The van der Waals surface area contributed by atoms with Crippen LogP contribution in [0, 0.1) is 0 Å². The molecule has 0 atom stereocenters. The number of carbonyl (C=O) groups is 3. The summed E-state index contributed by atoms with van der Waals surface area (Å²) in [7, 11) is 0. The minimum absolute atomic E-state index is 0.207. The molecule has 2 aliphatic heterocycles. The van der Waals surface area contributed by atoms with E-state index in [-0.39, 0.29) is 11.4 Å². The number of rotatable bonds is 4. The molecule has 0 radical (unpaired) electrons. The van der Waals surface area contributed by atoms with Gasteiger partial charge in [-0.1, -0.05) is 12.1 Å². The summed E-state index contributed by atoms with van der Waals surface area (Å²) < 4.78 is 21.1. The van der Waals surface area contributed by atoms with Gasteiger partial charge in [-0.25, -0.2) is 9.59 Å². The molecule has 2 aromatic rings. The third-order valence-electron chi connectivity index (χ3n) is 4.43. The van der Waals surface area contributed by atoms with Crippen LogP contribution in [0.2, 0.25) is 0 Å². The third kappa shape index (κ3) is 3.98. The number of ether oxygens (including phenoxy) is 4. The first-order valence-electron chi connectivity index (χ1n) is 9.30. The van der Waals surface area contributed by atoms with Crippen LogP contribution in [0.15, 0.2) is 54.2 Å².